The molecule has 25 heavy (non-hydrogen) atoms. The molecule has 1 aliphatic rings. The Labute approximate surface area is 148 Å². The van der Waals surface area contributed by atoms with Crippen LogP contribution < -0.4 is 5.32 Å². The predicted octanol–water partition coefficient (Wildman–Crippen LogP) is 3.60. The number of rotatable bonds is 4. The van der Waals surface area contributed by atoms with Crippen LogP contribution in [0.4, 0.5) is 0 Å². The molecule has 0 spiro atoms. The van der Waals surface area contributed by atoms with Gasteiger partial charge in [0.15, 0.2) is 5.60 Å². The zero-order valence-electron chi connectivity index (χ0n) is 14.8. The van der Waals surface area contributed by atoms with Gasteiger partial charge < -0.3 is 10.1 Å². The third kappa shape index (κ3) is 3.43. The van der Waals surface area contributed by atoms with Crippen molar-refractivity contribution in [3.8, 4) is 0 Å². The number of ether oxygens (including phenoxy) is 1. The summed E-state index contributed by atoms with van der Waals surface area (Å²) in [4.78, 5) is 25.0. The predicted molar refractivity (Wildman–Crippen MR) is 96.3 cm³/mol. The lowest BCUT2D eigenvalue weighted by Gasteiger charge is -2.34. The molecule has 3 rings (SSSR count). The molecule has 1 amide bonds. The second kappa shape index (κ2) is 6.71. The number of carbonyl (C=O) groups is 2. The van der Waals surface area contributed by atoms with E-state index in [1.165, 1.54) is 5.56 Å². The Hall–Kier alpha value is -2.62. The Morgan fingerprint density at radius 1 is 1.20 bits per heavy atom. The fourth-order valence-electron chi connectivity index (χ4n) is 3.13. The summed E-state index contributed by atoms with van der Waals surface area (Å²) in [6.07, 6.45) is 1.36. The highest BCUT2D eigenvalue weighted by Gasteiger charge is 2.42. The Morgan fingerprint density at radius 2 is 1.88 bits per heavy atom. The van der Waals surface area contributed by atoms with Crippen LogP contribution in [0.5, 0.6) is 0 Å². The number of amides is 1. The number of esters is 1. The van der Waals surface area contributed by atoms with Gasteiger partial charge in [0.2, 0.25) is 0 Å². The van der Waals surface area contributed by atoms with Crippen molar-refractivity contribution in [1.82, 2.24) is 5.32 Å². The first kappa shape index (κ1) is 17.2. The van der Waals surface area contributed by atoms with Gasteiger partial charge in [0.05, 0.1) is 11.6 Å². The van der Waals surface area contributed by atoms with Crippen molar-refractivity contribution in [3.05, 3.63) is 70.8 Å². The fourth-order valence-corrected chi connectivity index (χ4v) is 3.13. The molecule has 130 valence electrons. The molecule has 0 saturated carbocycles. The van der Waals surface area contributed by atoms with Gasteiger partial charge in [-0.2, -0.15) is 0 Å². The number of cyclic esters (lactones) is 1. The van der Waals surface area contributed by atoms with Gasteiger partial charge in [-0.1, -0.05) is 49.4 Å². The zero-order chi connectivity index (χ0) is 18.0. The molecule has 4 heteroatoms. The molecule has 2 aromatic carbocycles. The molecule has 0 fully saturated rings. The summed E-state index contributed by atoms with van der Waals surface area (Å²) >= 11 is 0. The van der Waals surface area contributed by atoms with Crippen molar-refractivity contribution in [2.24, 2.45) is 0 Å². The van der Waals surface area contributed by atoms with Crippen molar-refractivity contribution in [3.63, 3.8) is 0 Å². The van der Waals surface area contributed by atoms with Crippen LogP contribution in [0.25, 0.3) is 0 Å². The maximum Gasteiger partial charge on any atom is 0.339 e. The largest absolute Gasteiger partial charge is 0.445 e. The van der Waals surface area contributed by atoms with Crippen LogP contribution in [0, 0.1) is 0 Å². The molecule has 1 heterocycles. The monoisotopic (exact) mass is 337 g/mol. The highest BCUT2D eigenvalue weighted by Crippen LogP contribution is 2.29. The number of hydrogen-bond acceptors (Lipinski definition) is 3. The quantitative estimate of drug-likeness (QED) is 0.867. The van der Waals surface area contributed by atoms with Crippen molar-refractivity contribution in [2.45, 2.75) is 45.3 Å². The first-order valence-corrected chi connectivity index (χ1v) is 8.64. The van der Waals surface area contributed by atoms with Crippen LogP contribution in [0.15, 0.2) is 48.5 Å². The molecular weight excluding hydrogens is 314 g/mol. The van der Waals surface area contributed by atoms with Crippen molar-refractivity contribution < 1.29 is 14.3 Å². The lowest BCUT2D eigenvalue weighted by Crippen LogP contribution is -2.52. The third-order valence-electron chi connectivity index (χ3n) is 4.80. The van der Waals surface area contributed by atoms with Crippen LogP contribution >= 0.6 is 0 Å². The number of aryl methyl sites for hydroxylation is 1. The molecule has 2 atom stereocenters. The highest BCUT2D eigenvalue weighted by atomic mass is 16.6. The summed E-state index contributed by atoms with van der Waals surface area (Å²) < 4.78 is 5.48. The first-order valence-electron chi connectivity index (χ1n) is 8.64. The summed E-state index contributed by atoms with van der Waals surface area (Å²) in [6, 6.07) is 15.3. The van der Waals surface area contributed by atoms with E-state index in [0.29, 0.717) is 12.0 Å². The first-order chi connectivity index (χ1) is 11.9. The van der Waals surface area contributed by atoms with E-state index in [0.717, 1.165) is 17.5 Å². The van der Waals surface area contributed by atoms with Gasteiger partial charge in [-0.05, 0) is 43.0 Å². The minimum absolute atomic E-state index is 0.161. The van der Waals surface area contributed by atoms with Crippen LogP contribution in [-0.2, 0) is 22.4 Å². The van der Waals surface area contributed by atoms with Crippen LogP contribution in [-0.4, -0.2) is 17.5 Å². The van der Waals surface area contributed by atoms with Crippen LogP contribution in [0.1, 0.15) is 53.9 Å². The Kier molecular flexibility index (Phi) is 4.62. The fraction of sp³-hybridized carbons (Fsp3) is 0.333. The molecule has 0 aromatic heterocycles. The topological polar surface area (TPSA) is 55.4 Å². The lowest BCUT2D eigenvalue weighted by atomic mass is 9.89. The molecule has 1 aliphatic heterocycles. The molecule has 0 radical (unpaired) electrons. The van der Waals surface area contributed by atoms with E-state index in [2.05, 4.69) is 24.4 Å². The summed E-state index contributed by atoms with van der Waals surface area (Å²) in [6.45, 7) is 5.71. The van der Waals surface area contributed by atoms with E-state index in [4.69, 9.17) is 4.74 Å². The molecule has 1 N–H and O–H groups in total. The maximum atomic E-state index is 12.8. The Bertz CT molecular complexity index is 797. The number of fused-ring (bicyclic) bond motifs is 1. The third-order valence-corrected chi connectivity index (χ3v) is 4.80. The molecule has 2 unspecified atom stereocenters. The number of nitrogens with one attached hydrogen (secondary N) is 1. The molecule has 2 aromatic rings. The van der Waals surface area contributed by atoms with Crippen molar-refractivity contribution in [1.29, 1.82) is 0 Å². The Balaban J connectivity index is 1.75. The van der Waals surface area contributed by atoms with Gasteiger partial charge in [-0.25, -0.2) is 4.79 Å². The van der Waals surface area contributed by atoms with Gasteiger partial charge in [0, 0.05) is 6.42 Å². The van der Waals surface area contributed by atoms with E-state index in [1.807, 2.05) is 31.2 Å². The van der Waals surface area contributed by atoms with Gasteiger partial charge in [-0.3, -0.25) is 4.79 Å². The second-order valence-corrected chi connectivity index (χ2v) is 6.74. The van der Waals surface area contributed by atoms with E-state index < -0.39 is 11.6 Å². The minimum Gasteiger partial charge on any atom is -0.445 e. The van der Waals surface area contributed by atoms with Crippen molar-refractivity contribution in [2.75, 3.05) is 0 Å². The normalized spacial score (nSPS) is 20.4. The number of carbonyl (C=O) groups excluding carboxylic acids is 2. The lowest BCUT2D eigenvalue weighted by molar-refractivity contribution is -0.140. The van der Waals surface area contributed by atoms with Gasteiger partial charge >= 0.3 is 5.97 Å². The smallest absolute Gasteiger partial charge is 0.339 e. The molecule has 0 saturated heterocycles. The highest BCUT2D eigenvalue weighted by molar-refractivity contribution is 5.97. The average molecular weight is 337 g/mol. The molecular formula is C21H23NO3. The minimum atomic E-state index is -1.19. The van der Waals surface area contributed by atoms with Gasteiger partial charge in [0.1, 0.15) is 0 Å². The van der Waals surface area contributed by atoms with E-state index in [1.54, 1.807) is 19.1 Å². The molecule has 0 aliphatic carbocycles. The maximum absolute atomic E-state index is 12.8. The molecule has 4 nitrogen and oxygen atoms in total. The summed E-state index contributed by atoms with van der Waals surface area (Å²) in [7, 11) is 0. The average Bonchev–Trinajstić information content (AvgIpc) is 2.61. The molecule has 0 bridgehead atoms. The van der Waals surface area contributed by atoms with E-state index >= 15 is 0 Å². The van der Waals surface area contributed by atoms with Crippen molar-refractivity contribution >= 4 is 11.9 Å². The summed E-state index contributed by atoms with van der Waals surface area (Å²) in [5, 5.41) is 2.98. The van der Waals surface area contributed by atoms with E-state index in [9.17, 15) is 9.59 Å². The number of benzene rings is 2. The number of hydrogen-bond donors (Lipinski definition) is 1. The summed E-state index contributed by atoms with van der Waals surface area (Å²) in [5.41, 5.74) is 2.47. The van der Waals surface area contributed by atoms with Crippen LogP contribution in [0.3, 0.4) is 0 Å². The Morgan fingerprint density at radius 3 is 2.56 bits per heavy atom. The SMILES string of the molecule is CCc1ccc(C(C)NC(=O)C2(C)Cc3ccccc3C(=O)O2)cc1. The van der Waals surface area contributed by atoms with Gasteiger partial charge in [-0.15, -0.1) is 0 Å². The summed E-state index contributed by atoms with van der Waals surface area (Å²) in [5.74, 6) is -0.720. The standard InChI is InChI=1S/C21H23NO3/c1-4-15-9-11-16(12-10-15)14(2)22-20(24)21(3)13-17-7-5-6-8-18(17)19(23)25-21/h5-12,14H,4,13H2,1-3H3,(H,22,24). The van der Waals surface area contributed by atoms with Gasteiger partial charge in [0.25, 0.3) is 5.91 Å². The van der Waals surface area contributed by atoms with E-state index in [-0.39, 0.29) is 11.9 Å². The zero-order valence-corrected chi connectivity index (χ0v) is 14.8. The second-order valence-electron chi connectivity index (χ2n) is 6.74. The van der Waals surface area contributed by atoms with Crippen LogP contribution in [0.2, 0.25) is 0 Å².